The third-order valence-electron chi connectivity index (χ3n) is 2.84. The van der Waals surface area contributed by atoms with Crippen molar-refractivity contribution in [1.82, 2.24) is 0 Å². The summed E-state index contributed by atoms with van der Waals surface area (Å²) in [5.41, 5.74) is 0.837. The molecule has 0 atom stereocenters. The zero-order valence-electron chi connectivity index (χ0n) is 10.6. The zero-order valence-corrected chi connectivity index (χ0v) is 10.6. The van der Waals surface area contributed by atoms with Gasteiger partial charge < -0.3 is 15.1 Å². The van der Waals surface area contributed by atoms with Crippen molar-refractivity contribution in [3.63, 3.8) is 0 Å². The van der Waals surface area contributed by atoms with Crippen molar-refractivity contribution in [2.75, 3.05) is 11.4 Å². The molecule has 0 bridgehead atoms. The van der Waals surface area contributed by atoms with Gasteiger partial charge in [-0.25, -0.2) is 0 Å². The predicted octanol–water partition coefficient (Wildman–Crippen LogP) is 2.76. The van der Waals surface area contributed by atoms with E-state index in [1.165, 1.54) is 17.0 Å². The Hall–Kier alpha value is -2.49. The summed E-state index contributed by atoms with van der Waals surface area (Å²) in [5.74, 6) is -0.252. The Balaban J connectivity index is 2.38. The van der Waals surface area contributed by atoms with Gasteiger partial charge in [0.1, 0.15) is 11.5 Å². The summed E-state index contributed by atoms with van der Waals surface area (Å²) in [6.45, 7) is 2.28. The molecule has 4 nitrogen and oxygen atoms in total. The van der Waals surface area contributed by atoms with Crippen LogP contribution in [0.3, 0.4) is 0 Å². The maximum absolute atomic E-state index is 12.4. The Bertz CT molecular complexity index is 595. The van der Waals surface area contributed by atoms with Crippen LogP contribution in [-0.4, -0.2) is 22.7 Å². The standard InChI is InChI=1S/C15H15NO3/c1-2-16(11-6-5-7-12(17)10-11)15(19)13-8-3-4-9-14(13)18/h3-10,17-18H,2H2,1H3. The highest BCUT2D eigenvalue weighted by molar-refractivity contribution is 6.07. The Morgan fingerprint density at radius 1 is 1.11 bits per heavy atom. The van der Waals surface area contributed by atoms with Crippen molar-refractivity contribution in [3.8, 4) is 11.5 Å². The van der Waals surface area contributed by atoms with Crippen LogP contribution in [0.4, 0.5) is 5.69 Å². The van der Waals surface area contributed by atoms with E-state index < -0.39 is 0 Å². The van der Waals surface area contributed by atoms with Crippen molar-refractivity contribution in [1.29, 1.82) is 0 Å². The molecule has 0 saturated carbocycles. The summed E-state index contributed by atoms with van der Waals surface area (Å²) in [4.78, 5) is 13.9. The minimum absolute atomic E-state index is 0.0499. The van der Waals surface area contributed by atoms with Crippen LogP contribution in [0, 0.1) is 0 Å². The molecule has 0 aliphatic carbocycles. The van der Waals surface area contributed by atoms with Gasteiger partial charge in [0, 0.05) is 18.3 Å². The first-order valence-corrected chi connectivity index (χ1v) is 6.02. The van der Waals surface area contributed by atoms with E-state index in [2.05, 4.69) is 0 Å². The van der Waals surface area contributed by atoms with Gasteiger partial charge >= 0.3 is 0 Å². The minimum Gasteiger partial charge on any atom is -0.508 e. The minimum atomic E-state index is -0.300. The Kier molecular flexibility index (Phi) is 3.71. The molecule has 1 amide bonds. The summed E-state index contributed by atoms with van der Waals surface area (Å²) in [7, 11) is 0. The fraction of sp³-hybridized carbons (Fsp3) is 0.133. The average molecular weight is 257 g/mol. The van der Waals surface area contributed by atoms with Crippen molar-refractivity contribution in [3.05, 3.63) is 54.1 Å². The van der Waals surface area contributed by atoms with E-state index in [0.29, 0.717) is 12.2 Å². The van der Waals surface area contributed by atoms with Crippen LogP contribution in [0.25, 0.3) is 0 Å². The lowest BCUT2D eigenvalue weighted by Gasteiger charge is -2.21. The second-order valence-electron chi connectivity index (χ2n) is 4.09. The van der Waals surface area contributed by atoms with Gasteiger partial charge in [0.15, 0.2) is 0 Å². The Morgan fingerprint density at radius 2 is 1.84 bits per heavy atom. The van der Waals surface area contributed by atoms with Gasteiger partial charge in [-0.3, -0.25) is 4.79 Å². The molecule has 2 aromatic carbocycles. The van der Waals surface area contributed by atoms with Gasteiger partial charge in [-0.1, -0.05) is 18.2 Å². The molecule has 4 heteroatoms. The van der Waals surface area contributed by atoms with E-state index >= 15 is 0 Å². The second-order valence-corrected chi connectivity index (χ2v) is 4.09. The van der Waals surface area contributed by atoms with Crippen molar-refractivity contribution in [2.24, 2.45) is 0 Å². The highest BCUT2D eigenvalue weighted by Gasteiger charge is 2.18. The number of carbonyl (C=O) groups excluding carboxylic acids is 1. The van der Waals surface area contributed by atoms with Crippen LogP contribution in [0.1, 0.15) is 17.3 Å². The first-order valence-electron chi connectivity index (χ1n) is 6.02. The van der Waals surface area contributed by atoms with Gasteiger partial charge in [-0.15, -0.1) is 0 Å². The second kappa shape index (κ2) is 5.44. The first-order chi connectivity index (χ1) is 9.13. The monoisotopic (exact) mass is 257 g/mol. The summed E-state index contributed by atoms with van der Waals surface area (Å²) < 4.78 is 0. The van der Waals surface area contributed by atoms with Crippen LogP contribution in [0.15, 0.2) is 48.5 Å². The van der Waals surface area contributed by atoms with Crippen molar-refractivity contribution in [2.45, 2.75) is 6.92 Å². The lowest BCUT2D eigenvalue weighted by atomic mass is 10.1. The third-order valence-corrected chi connectivity index (χ3v) is 2.84. The number of amides is 1. The van der Waals surface area contributed by atoms with Crippen LogP contribution in [0.2, 0.25) is 0 Å². The van der Waals surface area contributed by atoms with Crippen LogP contribution >= 0.6 is 0 Å². The summed E-state index contributed by atoms with van der Waals surface area (Å²) in [6.07, 6.45) is 0. The molecule has 0 fully saturated rings. The Morgan fingerprint density at radius 3 is 2.47 bits per heavy atom. The molecular weight excluding hydrogens is 242 g/mol. The van der Waals surface area contributed by atoms with Gasteiger partial charge in [0.25, 0.3) is 5.91 Å². The number of nitrogens with zero attached hydrogens (tertiary/aromatic N) is 1. The molecule has 0 heterocycles. The number of phenols is 2. The normalized spacial score (nSPS) is 10.2. The van der Waals surface area contributed by atoms with E-state index in [1.807, 2.05) is 6.92 Å². The third kappa shape index (κ3) is 2.68. The molecule has 19 heavy (non-hydrogen) atoms. The maximum atomic E-state index is 12.4. The summed E-state index contributed by atoms with van der Waals surface area (Å²) in [5, 5.41) is 19.2. The molecule has 0 unspecified atom stereocenters. The molecule has 0 aliphatic rings. The number of carbonyl (C=O) groups is 1. The quantitative estimate of drug-likeness (QED) is 0.888. The number of para-hydroxylation sites is 1. The molecule has 2 aromatic rings. The number of aromatic hydroxyl groups is 2. The number of anilines is 1. The molecule has 0 radical (unpaired) electrons. The predicted molar refractivity (Wildman–Crippen MR) is 73.6 cm³/mol. The number of hydrogen-bond donors (Lipinski definition) is 2. The first kappa shape index (κ1) is 13.0. The van der Waals surface area contributed by atoms with Gasteiger partial charge in [0.2, 0.25) is 0 Å². The van der Waals surface area contributed by atoms with E-state index in [9.17, 15) is 15.0 Å². The fourth-order valence-corrected chi connectivity index (χ4v) is 1.90. The Labute approximate surface area is 111 Å². The van der Waals surface area contributed by atoms with Crippen LogP contribution in [0.5, 0.6) is 11.5 Å². The fourth-order valence-electron chi connectivity index (χ4n) is 1.90. The highest BCUT2D eigenvalue weighted by atomic mass is 16.3. The van der Waals surface area contributed by atoms with E-state index in [4.69, 9.17) is 0 Å². The molecule has 0 saturated heterocycles. The van der Waals surface area contributed by atoms with Gasteiger partial charge in [-0.05, 0) is 31.2 Å². The van der Waals surface area contributed by atoms with Gasteiger partial charge in [-0.2, -0.15) is 0 Å². The lowest BCUT2D eigenvalue weighted by molar-refractivity contribution is 0.0986. The lowest BCUT2D eigenvalue weighted by Crippen LogP contribution is -2.30. The van der Waals surface area contributed by atoms with Crippen LogP contribution in [-0.2, 0) is 0 Å². The molecule has 0 aliphatic heterocycles. The van der Waals surface area contributed by atoms with Crippen molar-refractivity contribution >= 4 is 11.6 Å². The van der Waals surface area contributed by atoms with E-state index in [-0.39, 0.29) is 23.0 Å². The van der Waals surface area contributed by atoms with E-state index in [0.717, 1.165) is 0 Å². The molecule has 98 valence electrons. The SMILES string of the molecule is CCN(C(=O)c1ccccc1O)c1cccc(O)c1. The number of rotatable bonds is 3. The number of benzene rings is 2. The average Bonchev–Trinajstić information content (AvgIpc) is 2.40. The van der Waals surface area contributed by atoms with Crippen molar-refractivity contribution < 1.29 is 15.0 Å². The van der Waals surface area contributed by atoms with E-state index in [1.54, 1.807) is 36.4 Å². The maximum Gasteiger partial charge on any atom is 0.262 e. The van der Waals surface area contributed by atoms with Crippen LogP contribution < -0.4 is 4.90 Å². The largest absolute Gasteiger partial charge is 0.508 e. The number of phenolic OH excluding ortho intramolecular Hbond substituents is 2. The number of hydrogen-bond acceptors (Lipinski definition) is 3. The molecule has 0 spiro atoms. The molecule has 0 aromatic heterocycles. The highest BCUT2D eigenvalue weighted by Crippen LogP contribution is 2.24. The molecular formula is C15H15NO3. The summed E-state index contributed by atoms with van der Waals surface area (Å²) in [6, 6.07) is 12.9. The zero-order chi connectivity index (χ0) is 13.8. The van der Waals surface area contributed by atoms with Gasteiger partial charge in [0.05, 0.1) is 5.56 Å². The smallest absolute Gasteiger partial charge is 0.262 e. The topological polar surface area (TPSA) is 60.8 Å². The molecule has 2 rings (SSSR count). The summed E-state index contributed by atoms with van der Waals surface area (Å²) >= 11 is 0. The molecule has 2 N–H and O–H groups in total.